The van der Waals surface area contributed by atoms with E-state index in [4.69, 9.17) is 0 Å². The van der Waals surface area contributed by atoms with Crippen LogP contribution in [0.5, 0.6) is 0 Å². The summed E-state index contributed by atoms with van der Waals surface area (Å²) >= 11 is 0. The number of carbonyl (C=O) groups is 1. The van der Waals surface area contributed by atoms with E-state index in [0.29, 0.717) is 12.3 Å². The van der Waals surface area contributed by atoms with Gasteiger partial charge in [0.05, 0.1) is 6.42 Å². The number of hydrogen-bond donors (Lipinski definition) is 3. The Balaban J connectivity index is 1.68. The number of nitrogens with one attached hydrogen (secondary N) is 3. The summed E-state index contributed by atoms with van der Waals surface area (Å²) in [6.07, 6.45) is 5.34. The second-order valence-corrected chi connectivity index (χ2v) is 4.06. The lowest BCUT2D eigenvalue weighted by molar-refractivity contribution is -0.120. The molecular weight excluding hydrogens is 190 g/mol. The summed E-state index contributed by atoms with van der Waals surface area (Å²) in [6, 6.07) is 1.93. The first-order valence-corrected chi connectivity index (χ1v) is 5.43. The molecule has 1 unspecified atom stereocenters. The lowest BCUT2D eigenvalue weighted by atomic mass is 10.1. The van der Waals surface area contributed by atoms with Gasteiger partial charge in [0, 0.05) is 18.9 Å². The highest BCUT2D eigenvalue weighted by atomic mass is 16.1. The highest BCUT2D eigenvalue weighted by Gasteiger charge is 2.14. The number of amides is 1. The second kappa shape index (κ2) is 4.98. The van der Waals surface area contributed by atoms with Crippen LogP contribution in [0.25, 0.3) is 0 Å². The molecule has 0 spiro atoms. The van der Waals surface area contributed by atoms with E-state index in [0.717, 1.165) is 25.2 Å². The molecule has 1 amide bonds. The van der Waals surface area contributed by atoms with E-state index in [1.54, 1.807) is 0 Å². The monoisotopic (exact) mass is 207 g/mol. The topological polar surface area (TPSA) is 56.9 Å². The molecule has 4 nitrogen and oxygen atoms in total. The van der Waals surface area contributed by atoms with Crippen LogP contribution in [0.4, 0.5) is 0 Å². The quantitative estimate of drug-likeness (QED) is 0.664. The highest BCUT2D eigenvalue weighted by Crippen LogP contribution is 2.05. The van der Waals surface area contributed by atoms with Crippen molar-refractivity contribution in [2.75, 3.05) is 19.6 Å². The largest absolute Gasteiger partial charge is 0.367 e. The molecule has 3 N–H and O–H groups in total. The molecule has 1 fully saturated rings. The minimum Gasteiger partial charge on any atom is -0.367 e. The molecule has 1 aromatic heterocycles. The molecule has 0 saturated carbocycles. The van der Waals surface area contributed by atoms with Crippen molar-refractivity contribution in [3.8, 4) is 0 Å². The zero-order valence-corrected chi connectivity index (χ0v) is 8.75. The molecule has 4 heteroatoms. The second-order valence-electron chi connectivity index (χ2n) is 4.06. The summed E-state index contributed by atoms with van der Waals surface area (Å²) in [5.41, 5.74) is 1.04. The lowest BCUT2D eigenvalue weighted by Gasteiger charge is -2.09. The summed E-state index contributed by atoms with van der Waals surface area (Å²) in [7, 11) is 0. The van der Waals surface area contributed by atoms with Crippen LogP contribution in [-0.4, -0.2) is 30.5 Å². The summed E-state index contributed by atoms with van der Waals surface area (Å²) in [5.74, 6) is 0.724. The lowest BCUT2D eigenvalue weighted by Crippen LogP contribution is -2.31. The maximum atomic E-state index is 11.5. The van der Waals surface area contributed by atoms with E-state index in [9.17, 15) is 4.79 Å². The Bertz CT molecular complexity index is 302. The van der Waals surface area contributed by atoms with Gasteiger partial charge < -0.3 is 15.6 Å². The van der Waals surface area contributed by atoms with Crippen LogP contribution in [0.2, 0.25) is 0 Å². The molecule has 1 aliphatic heterocycles. The first kappa shape index (κ1) is 10.2. The van der Waals surface area contributed by atoms with Gasteiger partial charge in [0.25, 0.3) is 0 Å². The number of rotatable bonds is 4. The van der Waals surface area contributed by atoms with Gasteiger partial charge in [-0.25, -0.2) is 0 Å². The molecule has 0 radical (unpaired) electrons. The molecule has 15 heavy (non-hydrogen) atoms. The van der Waals surface area contributed by atoms with Crippen molar-refractivity contribution >= 4 is 5.91 Å². The van der Waals surface area contributed by atoms with Gasteiger partial charge in [0.2, 0.25) is 5.91 Å². The highest BCUT2D eigenvalue weighted by molar-refractivity contribution is 5.78. The fourth-order valence-electron chi connectivity index (χ4n) is 1.86. The standard InChI is InChI=1S/C11H17N3O/c15-11(5-9-1-3-12-6-9)14-8-10-2-4-13-7-10/h1,3,6,10,12-13H,2,4-5,7-8H2,(H,14,15). The molecule has 2 heterocycles. The van der Waals surface area contributed by atoms with Crippen molar-refractivity contribution < 1.29 is 4.79 Å². The molecule has 1 saturated heterocycles. The van der Waals surface area contributed by atoms with E-state index in [-0.39, 0.29) is 5.91 Å². The van der Waals surface area contributed by atoms with Gasteiger partial charge in [-0.05, 0) is 37.1 Å². The SMILES string of the molecule is O=C(Cc1cc[nH]c1)NCC1CCNC1. The Kier molecular flexibility index (Phi) is 3.40. The molecule has 0 aliphatic carbocycles. The Hall–Kier alpha value is -1.29. The van der Waals surface area contributed by atoms with E-state index < -0.39 is 0 Å². The molecule has 0 aromatic carbocycles. The molecule has 0 bridgehead atoms. The predicted molar refractivity (Wildman–Crippen MR) is 58.5 cm³/mol. The normalized spacial score (nSPS) is 20.4. The van der Waals surface area contributed by atoms with E-state index in [2.05, 4.69) is 15.6 Å². The van der Waals surface area contributed by atoms with Crippen molar-refractivity contribution in [1.29, 1.82) is 0 Å². The summed E-state index contributed by atoms with van der Waals surface area (Å²) in [4.78, 5) is 14.5. The van der Waals surface area contributed by atoms with Gasteiger partial charge >= 0.3 is 0 Å². The van der Waals surface area contributed by atoms with Gasteiger partial charge in [-0.3, -0.25) is 4.79 Å². The van der Waals surface area contributed by atoms with Crippen molar-refractivity contribution in [3.63, 3.8) is 0 Å². The average Bonchev–Trinajstić information content (AvgIpc) is 2.86. The van der Waals surface area contributed by atoms with Gasteiger partial charge in [-0.15, -0.1) is 0 Å². The predicted octanol–water partition coefficient (Wildman–Crippen LogP) is 0.283. The number of carbonyl (C=O) groups excluding carboxylic acids is 1. The Morgan fingerprint density at radius 1 is 1.60 bits per heavy atom. The molecular formula is C11H17N3O. The van der Waals surface area contributed by atoms with Crippen LogP contribution >= 0.6 is 0 Å². The van der Waals surface area contributed by atoms with Gasteiger partial charge in [-0.1, -0.05) is 0 Å². The summed E-state index contributed by atoms with van der Waals surface area (Å²) < 4.78 is 0. The third-order valence-electron chi connectivity index (χ3n) is 2.78. The van der Waals surface area contributed by atoms with Crippen molar-refractivity contribution in [3.05, 3.63) is 24.0 Å². The van der Waals surface area contributed by atoms with E-state index in [1.165, 1.54) is 6.42 Å². The Morgan fingerprint density at radius 3 is 3.20 bits per heavy atom. The molecule has 82 valence electrons. The first-order chi connectivity index (χ1) is 7.34. The van der Waals surface area contributed by atoms with Crippen molar-refractivity contribution in [1.82, 2.24) is 15.6 Å². The molecule has 1 aliphatic rings. The molecule has 2 rings (SSSR count). The van der Waals surface area contributed by atoms with Gasteiger partial charge in [0.15, 0.2) is 0 Å². The minimum absolute atomic E-state index is 0.113. The first-order valence-electron chi connectivity index (χ1n) is 5.43. The Labute approximate surface area is 89.5 Å². The zero-order chi connectivity index (χ0) is 10.5. The average molecular weight is 207 g/mol. The zero-order valence-electron chi connectivity index (χ0n) is 8.75. The van der Waals surface area contributed by atoms with Crippen molar-refractivity contribution in [2.45, 2.75) is 12.8 Å². The third-order valence-corrected chi connectivity index (χ3v) is 2.78. The number of hydrogen-bond acceptors (Lipinski definition) is 2. The van der Waals surface area contributed by atoms with Crippen LogP contribution in [0, 0.1) is 5.92 Å². The number of aromatic nitrogens is 1. The number of H-pyrrole nitrogens is 1. The van der Waals surface area contributed by atoms with Crippen LogP contribution in [0.1, 0.15) is 12.0 Å². The summed E-state index contributed by atoms with van der Waals surface area (Å²) in [5, 5.41) is 6.26. The van der Waals surface area contributed by atoms with Crippen LogP contribution in [0.15, 0.2) is 18.5 Å². The van der Waals surface area contributed by atoms with E-state index in [1.807, 2.05) is 18.5 Å². The number of aromatic amines is 1. The maximum Gasteiger partial charge on any atom is 0.224 e. The van der Waals surface area contributed by atoms with E-state index >= 15 is 0 Å². The van der Waals surface area contributed by atoms with Crippen molar-refractivity contribution in [2.24, 2.45) is 5.92 Å². The third kappa shape index (κ3) is 3.09. The smallest absolute Gasteiger partial charge is 0.224 e. The molecule has 1 atom stereocenters. The van der Waals surface area contributed by atoms with Crippen LogP contribution in [-0.2, 0) is 11.2 Å². The minimum atomic E-state index is 0.113. The molecule has 1 aromatic rings. The van der Waals surface area contributed by atoms with Crippen LogP contribution in [0.3, 0.4) is 0 Å². The van der Waals surface area contributed by atoms with Gasteiger partial charge in [-0.2, -0.15) is 0 Å². The van der Waals surface area contributed by atoms with Crippen LogP contribution < -0.4 is 10.6 Å². The summed E-state index contributed by atoms with van der Waals surface area (Å²) in [6.45, 7) is 2.92. The van der Waals surface area contributed by atoms with Gasteiger partial charge in [0.1, 0.15) is 0 Å². The fourth-order valence-corrected chi connectivity index (χ4v) is 1.86. The Morgan fingerprint density at radius 2 is 2.53 bits per heavy atom. The fraction of sp³-hybridized carbons (Fsp3) is 0.545. The maximum absolute atomic E-state index is 11.5.